The van der Waals surface area contributed by atoms with Gasteiger partial charge in [-0.2, -0.15) is 0 Å². The van der Waals surface area contributed by atoms with Crippen LogP contribution in [0.5, 0.6) is 0 Å². The average molecular weight is 316 g/mol. The first kappa shape index (κ1) is 15.8. The van der Waals surface area contributed by atoms with Crippen LogP contribution in [0.1, 0.15) is 24.8 Å². The highest BCUT2D eigenvalue weighted by Gasteiger charge is 2.40. The predicted molar refractivity (Wildman–Crippen MR) is 84.1 cm³/mol. The van der Waals surface area contributed by atoms with Crippen LogP contribution in [-0.2, 0) is 9.53 Å². The molecule has 7 nitrogen and oxygen atoms in total. The third-order valence-electron chi connectivity index (χ3n) is 4.41. The Morgan fingerprint density at radius 1 is 1.35 bits per heavy atom. The van der Waals surface area contributed by atoms with Gasteiger partial charge >= 0.3 is 5.97 Å². The van der Waals surface area contributed by atoms with Crippen molar-refractivity contribution < 1.29 is 14.6 Å². The highest BCUT2D eigenvalue weighted by Crippen LogP contribution is 2.37. The zero-order chi connectivity index (χ0) is 16.4. The number of ether oxygens (including phenoxy) is 1. The van der Waals surface area contributed by atoms with E-state index < -0.39 is 6.23 Å². The zero-order valence-corrected chi connectivity index (χ0v) is 13.1. The Morgan fingerprint density at radius 2 is 2.13 bits per heavy atom. The second-order valence-electron chi connectivity index (χ2n) is 5.76. The van der Waals surface area contributed by atoms with Crippen LogP contribution in [0.2, 0.25) is 0 Å². The van der Waals surface area contributed by atoms with Crippen LogP contribution in [0, 0.1) is 5.92 Å². The minimum Gasteiger partial charge on any atom is -0.469 e. The molecule has 2 aromatic rings. The van der Waals surface area contributed by atoms with Gasteiger partial charge in [-0.05, 0) is 18.6 Å². The van der Waals surface area contributed by atoms with E-state index in [1.165, 1.54) is 7.11 Å². The summed E-state index contributed by atoms with van der Waals surface area (Å²) >= 11 is 0. The quantitative estimate of drug-likeness (QED) is 0.715. The molecular formula is C16H20N4O3. The maximum atomic E-state index is 11.9. The van der Waals surface area contributed by atoms with Crippen LogP contribution in [0.4, 0.5) is 0 Å². The normalized spacial score (nSPS) is 25.4. The Balaban J connectivity index is 2.08. The number of carbonyl (C=O) groups is 1. The average Bonchev–Trinajstić information content (AvgIpc) is 2.91. The Hall–Kier alpha value is -2.09. The van der Waals surface area contributed by atoms with Crippen molar-refractivity contribution in [1.29, 1.82) is 0 Å². The van der Waals surface area contributed by atoms with E-state index in [0.29, 0.717) is 0 Å². The Bertz CT molecular complexity index is 693. The van der Waals surface area contributed by atoms with Gasteiger partial charge in [-0.3, -0.25) is 20.2 Å². The van der Waals surface area contributed by atoms with E-state index in [4.69, 9.17) is 4.74 Å². The lowest BCUT2D eigenvalue weighted by molar-refractivity contribution is -0.141. The number of esters is 1. The molecule has 0 radical (unpaired) electrons. The number of hydrogen-bond acceptors (Lipinski definition) is 7. The molecule has 1 aliphatic rings. The maximum absolute atomic E-state index is 11.9. The summed E-state index contributed by atoms with van der Waals surface area (Å²) in [7, 11) is 1.37. The molecule has 23 heavy (non-hydrogen) atoms. The van der Waals surface area contributed by atoms with Gasteiger partial charge in [-0.15, -0.1) is 0 Å². The van der Waals surface area contributed by atoms with Crippen molar-refractivity contribution in [2.24, 2.45) is 5.92 Å². The van der Waals surface area contributed by atoms with E-state index in [1.54, 1.807) is 12.4 Å². The van der Waals surface area contributed by atoms with Crippen molar-refractivity contribution in [1.82, 2.24) is 20.8 Å². The number of hydrogen-bond donors (Lipinski definition) is 3. The zero-order valence-electron chi connectivity index (χ0n) is 13.1. The fourth-order valence-corrected chi connectivity index (χ4v) is 3.28. The van der Waals surface area contributed by atoms with Crippen LogP contribution in [0.15, 0.2) is 30.6 Å². The van der Waals surface area contributed by atoms with Crippen LogP contribution in [0.3, 0.4) is 0 Å². The van der Waals surface area contributed by atoms with Gasteiger partial charge in [0.05, 0.1) is 24.6 Å². The van der Waals surface area contributed by atoms with E-state index >= 15 is 0 Å². The predicted octanol–water partition coefficient (Wildman–Crippen LogP) is 0.707. The standard InChI is InChI=1S/C16H20N4O3/c1-9-14(16(22)20-19-9)11(8-13(21)23-2)10-4-3-5-12-15(10)18-7-6-17-12/h3-7,9,11,14,16,19-20,22H,8H2,1-2H3. The molecule has 3 N–H and O–H groups in total. The van der Waals surface area contributed by atoms with E-state index in [2.05, 4.69) is 20.8 Å². The molecule has 4 unspecified atom stereocenters. The molecule has 0 amide bonds. The number of methoxy groups -OCH3 is 1. The molecule has 0 spiro atoms. The molecule has 7 heteroatoms. The summed E-state index contributed by atoms with van der Waals surface area (Å²) in [5.74, 6) is -0.751. The minimum absolute atomic E-state index is 0.00779. The smallest absolute Gasteiger partial charge is 0.306 e. The number of rotatable bonds is 4. The summed E-state index contributed by atoms with van der Waals surface area (Å²) in [6.07, 6.45) is 2.68. The fourth-order valence-electron chi connectivity index (χ4n) is 3.28. The molecule has 1 aromatic carbocycles. The SMILES string of the molecule is COC(=O)CC(c1cccc2nccnc12)C1C(C)NNC1O. The number of benzene rings is 1. The highest BCUT2D eigenvalue weighted by atomic mass is 16.5. The summed E-state index contributed by atoms with van der Waals surface area (Å²) in [4.78, 5) is 20.7. The highest BCUT2D eigenvalue weighted by molar-refractivity contribution is 5.79. The van der Waals surface area contributed by atoms with Crippen molar-refractivity contribution in [2.45, 2.75) is 31.5 Å². The summed E-state index contributed by atoms with van der Waals surface area (Å²) < 4.78 is 4.85. The molecule has 0 aliphatic carbocycles. The van der Waals surface area contributed by atoms with Gasteiger partial charge in [-0.25, -0.2) is 5.43 Å². The summed E-state index contributed by atoms with van der Waals surface area (Å²) in [5, 5.41) is 10.3. The third-order valence-corrected chi connectivity index (χ3v) is 4.41. The first-order valence-electron chi connectivity index (χ1n) is 7.57. The number of nitrogens with one attached hydrogen (secondary N) is 2. The van der Waals surface area contributed by atoms with Crippen molar-refractivity contribution in [3.63, 3.8) is 0 Å². The van der Waals surface area contributed by atoms with Gasteiger partial charge in [0.25, 0.3) is 0 Å². The van der Waals surface area contributed by atoms with Gasteiger partial charge in [0.1, 0.15) is 6.23 Å². The van der Waals surface area contributed by atoms with Crippen molar-refractivity contribution in [3.05, 3.63) is 36.2 Å². The molecule has 122 valence electrons. The molecule has 1 aliphatic heterocycles. The van der Waals surface area contributed by atoms with Gasteiger partial charge < -0.3 is 9.84 Å². The molecule has 3 rings (SSSR count). The molecule has 0 saturated carbocycles. The number of carbonyl (C=O) groups excluding carboxylic acids is 1. The topological polar surface area (TPSA) is 96.4 Å². The van der Waals surface area contributed by atoms with Gasteiger partial charge in [0.15, 0.2) is 0 Å². The van der Waals surface area contributed by atoms with Crippen molar-refractivity contribution in [2.75, 3.05) is 7.11 Å². The summed E-state index contributed by atoms with van der Waals surface area (Å²) in [6, 6.07) is 5.70. The number of hydrazine groups is 1. The van der Waals surface area contributed by atoms with Gasteiger partial charge in [-0.1, -0.05) is 12.1 Å². The number of aromatic nitrogens is 2. The lowest BCUT2D eigenvalue weighted by Crippen LogP contribution is -2.33. The second-order valence-corrected chi connectivity index (χ2v) is 5.76. The van der Waals surface area contributed by atoms with E-state index in [1.807, 2.05) is 25.1 Å². The number of fused-ring (bicyclic) bond motifs is 1. The summed E-state index contributed by atoms with van der Waals surface area (Å²) in [6.45, 7) is 1.97. The molecule has 1 fully saturated rings. The van der Waals surface area contributed by atoms with Gasteiger partial charge in [0.2, 0.25) is 0 Å². The minimum atomic E-state index is -0.758. The lowest BCUT2D eigenvalue weighted by Gasteiger charge is -2.28. The Morgan fingerprint density at radius 3 is 2.83 bits per heavy atom. The molecule has 4 atom stereocenters. The first-order chi connectivity index (χ1) is 11.1. The second kappa shape index (κ2) is 6.57. The van der Waals surface area contributed by atoms with Crippen LogP contribution in [0.25, 0.3) is 11.0 Å². The van der Waals surface area contributed by atoms with Crippen LogP contribution >= 0.6 is 0 Å². The fraction of sp³-hybridized carbons (Fsp3) is 0.438. The monoisotopic (exact) mass is 316 g/mol. The summed E-state index contributed by atoms with van der Waals surface area (Å²) in [5.41, 5.74) is 8.25. The largest absolute Gasteiger partial charge is 0.469 e. The molecular weight excluding hydrogens is 296 g/mol. The van der Waals surface area contributed by atoms with E-state index in [9.17, 15) is 9.90 Å². The Labute approximate surface area is 134 Å². The molecule has 0 bridgehead atoms. The third kappa shape index (κ3) is 3.03. The number of aliphatic hydroxyl groups excluding tert-OH is 1. The molecule has 1 saturated heterocycles. The number of para-hydroxylation sites is 1. The first-order valence-corrected chi connectivity index (χ1v) is 7.57. The van der Waals surface area contributed by atoms with E-state index in [0.717, 1.165) is 16.6 Å². The Kier molecular flexibility index (Phi) is 4.51. The van der Waals surface area contributed by atoms with Crippen LogP contribution in [-0.4, -0.2) is 40.4 Å². The number of aliphatic hydroxyl groups is 1. The maximum Gasteiger partial charge on any atom is 0.306 e. The van der Waals surface area contributed by atoms with Crippen LogP contribution < -0.4 is 10.9 Å². The van der Waals surface area contributed by atoms with Gasteiger partial charge in [0, 0.05) is 30.3 Å². The van der Waals surface area contributed by atoms with Crippen molar-refractivity contribution >= 4 is 17.0 Å². The number of nitrogens with zero attached hydrogens (tertiary/aromatic N) is 2. The molecule has 1 aromatic heterocycles. The molecule has 2 heterocycles. The van der Waals surface area contributed by atoms with Crippen molar-refractivity contribution in [3.8, 4) is 0 Å². The lowest BCUT2D eigenvalue weighted by atomic mass is 9.79. The van der Waals surface area contributed by atoms with E-state index in [-0.39, 0.29) is 30.3 Å².